The minimum atomic E-state index is -0.350. The van der Waals surface area contributed by atoms with Crippen molar-refractivity contribution in [3.63, 3.8) is 0 Å². The van der Waals surface area contributed by atoms with Gasteiger partial charge in [0.2, 0.25) is 5.43 Å². The summed E-state index contributed by atoms with van der Waals surface area (Å²) in [7, 11) is 0. The van der Waals surface area contributed by atoms with E-state index in [9.17, 15) is 9.59 Å². The molecule has 2 N–H and O–H groups in total. The maximum Gasteiger partial charge on any atom is 0.258 e. The number of amides is 1. The number of pyridine rings is 2. The molecule has 6 rings (SSSR count). The quantitative estimate of drug-likeness (QED) is 0.352. The Balaban J connectivity index is 1.36. The minimum Gasteiger partial charge on any atom is -0.383 e. The Morgan fingerprint density at radius 3 is 2.37 bits per heavy atom. The van der Waals surface area contributed by atoms with E-state index in [2.05, 4.69) is 25.4 Å². The zero-order chi connectivity index (χ0) is 25.9. The van der Waals surface area contributed by atoms with E-state index in [-0.39, 0.29) is 16.9 Å². The standard InChI is InChI=1S/C27H32N6O4S/c34-24-22-19(28-7-9-31-11-15-36-16-12-31)5-6-29-25(22)33-20-3-1-2-4-21(20)38-27(33)23(24)26(35)30-8-10-32-13-17-37-18-14-32/h1-6H,7-18H2,(H,28,29)(H,30,35). The third-order valence-corrected chi connectivity index (χ3v) is 8.36. The van der Waals surface area contributed by atoms with Crippen LogP contribution in [0.15, 0.2) is 41.3 Å². The molecule has 0 unspecified atom stereocenters. The molecule has 3 aromatic heterocycles. The van der Waals surface area contributed by atoms with Crippen LogP contribution in [0.2, 0.25) is 0 Å². The maximum absolute atomic E-state index is 14.0. The average molecular weight is 537 g/mol. The highest BCUT2D eigenvalue weighted by molar-refractivity contribution is 7.24. The van der Waals surface area contributed by atoms with Crippen LogP contribution in [0.1, 0.15) is 10.4 Å². The Hall–Kier alpha value is -3.09. The number of rotatable bonds is 8. The molecule has 10 nitrogen and oxygen atoms in total. The summed E-state index contributed by atoms with van der Waals surface area (Å²) in [5.41, 5.74) is 2.06. The summed E-state index contributed by atoms with van der Waals surface area (Å²) in [5.74, 6) is -0.350. The molecule has 0 atom stereocenters. The SMILES string of the molecule is O=C(NCCN1CCOCC1)c1c(=O)c2c(NCCN3CCOCC3)ccnc2n2c1sc1ccccc12. The van der Waals surface area contributed by atoms with Gasteiger partial charge in [-0.3, -0.25) is 23.8 Å². The van der Waals surface area contributed by atoms with Gasteiger partial charge >= 0.3 is 0 Å². The predicted molar refractivity (Wildman–Crippen MR) is 150 cm³/mol. The molecule has 4 aromatic rings. The number of carbonyl (C=O) groups is 1. The molecule has 0 spiro atoms. The van der Waals surface area contributed by atoms with Crippen LogP contribution in [0.4, 0.5) is 5.69 Å². The summed E-state index contributed by atoms with van der Waals surface area (Å²) in [6.45, 7) is 9.09. The van der Waals surface area contributed by atoms with Crippen molar-refractivity contribution in [1.29, 1.82) is 0 Å². The monoisotopic (exact) mass is 536 g/mol. The average Bonchev–Trinajstić information content (AvgIpc) is 3.33. The van der Waals surface area contributed by atoms with Crippen LogP contribution in [0.25, 0.3) is 26.1 Å². The second-order valence-corrected chi connectivity index (χ2v) is 10.6. The van der Waals surface area contributed by atoms with Gasteiger partial charge in [0, 0.05) is 58.6 Å². The first-order chi connectivity index (χ1) is 18.7. The molecular formula is C27H32N6O4S. The summed E-state index contributed by atoms with van der Waals surface area (Å²) in [5, 5.41) is 6.90. The van der Waals surface area contributed by atoms with Crippen molar-refractivity contribution in [3.8, 4) is 0 Å². The summed E-state index contributed by atoms with van der Waals surface area (Å²) in [4.78, 5) is 37.4. The Bertz CT molecular complexity index is 1510. The van der Waals surface area contributed by atoms with Crippen LogP contribution in [0.3, 0.4) is 0 Å². The molecule has 38 heavy (non-hydrogen) atoms. The van der Waals surface area contributed by atoms with E-state index >= 15 is 0 Å². The van der Waals surface area contributed by atoms with Gasteiger partial charge in [-0.25, -0.2) is 4.98 Å². The van der Waals surface area contributed by atoms with Gasteiger partial charge < -0.3 is 20.1 Å². The van der Waals surface area contributed by atoms with E-state index in [0.29, 0.717) is 47.9 Å². The lowest BCUT2D eigenvalue weighted by atomic mass is 10.1. The maximum atomic E-state index is 14.0. The fourth-order valence-corrected chi connectivity index (χ4v) is 6.37. The molecule has 1 amide bonds. The third kappa shape index (κ3) is 4.99. The minimum absolute atomic E-state index is 0.171. The molecule has 11 heteroatoms. The predicted octanol–water partition coefficient (Wildman–Crippen LogP) is 1.87. The highest BCUT2D eigenvalue weighted by atomic mass is 32.1. The van der Waals surface area contributed by atoms with Crippen molar-refractivity contribution in [1.82, 2.24) is 24.5 Å². The summed E-state index contributed by atoms with van der Waals surface area (Å²) in [6, 6.07) is 9.76. The molecule has 2 fully saturated rings. The topological polar surface area (TPSA) is 100 Å². The molecule has 0 bridgehead atoms. The summed E-state index contributed by atoms with van der Waals surface area (Å²) >= 11 is 1.45. The second kappa shape index (κ2) is 11.3. The number of ether oxygens (including phenoxy) is 2. The number of carbonyl (C=O) groups excluding carboxylic acids is 1. The number of nitrogens with one attached hydrogen (secondary N) is 2. The van der Waals surface area contributed by atoms with Crippen molar-refractivity contribution in [3.05, 3.63) is 52.3 Å². The van der Waals surface area contributed by atoms with Gasteiger partial charge in [-0.15, -0.1) is 11.3 Å². The van der Waals surface area contributed by atoms with Gasteiger partial charge in [-0.2, -0.15) is 0 Å². The highest BCUT2D eigenvalue weighted by Crippen LogP contribution is 2.32. The summed E-state index contributed by atoms with van der Waals surface area (Å²) in [6.07, 6.45) is 1.72. The van der Waals surface area contributed by atoms with Gasteiger partial charge in [0.25, 0.3) is 5.91 Å². The van der Waals surface area contributed by atoms with Gasteiger partial charge in [0.1, 0.15) is 10.4 Å². The van der Waals surface area contributed by atoms with Crippen molar-refractivity contribution in [2.45, 2.75) is 0 Å². The van der Waals surface area contributed by atoms with E-state index in [1.807, 2.05) is 34.7 Å². The number of fused-ring (bicyclic) bond motifs is 5. The van der Waals surface area contributed by atoms with E-state index in [0.717, 1.165) is 62.7 Å². The van der Waals surface area contributed by atoms with Gasteiger partial charge in [0.15, 0.2) is 5.65 Å². The molecule has 0 saturated carbocycles. The first-order valence-corrected chi connectivity index (χ1v) is 14.0. The molecule has 2 aliphatic rings. The number of nitrogens with zero attached hydrogens (tertiary/aromatic N) is 4. The molecule has 200 valence electrons. The fourth-order valence-electron chi connectivity index (χ4n) is 5.19. The van der Waals surface area contributed by atoms with E-state index in [1.54, 1.807) is 6.20 Å². The number of morpholine rings is 2. The van der Waals surface area contributed by atoms with Crippen molar-refractivity contribution in [2.75, 3.05) is 84.1 Å². The molecule has 0 radical (unpaired) electrons. The Labute approximate surface area is 224 Å². The number of thiazole rings is 1. The summed E-state index contributed by atoms with van der Waals surface area (Å²) < 4.78 is 13.8. The molecule has 2 aliphatic heterocycles. The van der Waals surface area contributed by atoms with Crippen LogP contribution in [-0.4, -0.2) is 104 Å². The van der Waals surface area contributed by atoms with Crippen LogP contribution >= 0.6 is 11.3 Å². The Morgan fingerprint density at radius 2 is 1.63 bits per heavy atom. The normalized spacial score (nSPS) is 17.4. The van der Waals surface area contributed by atoms with Gasteiger partial charge in [-0.1, -0.05) is 12.1 Å². The van der Waals surface area contributed by atoms with E-state index in [4.69, 9.17) is 9.47 Å². The zero-order valence-electron chi connectivity index (χ0n) is 21.3. The second-order valence-electron chi connectivity index (χ2n) is 9.56. The molecule has 2 saturated heterocycles. The zero-order valence-corrected chi connectivity index (χ0v) is 22.1. The highest BCUT2D eigenvalue weighted by Gasteiger charge is 2.24. The number of anilines is 1. The first kappa shape index (κ1) is 25.2. The van der Waals surface area contributed by atoms with Crippen LogP contribution < -0.4 is 16.1 Å². The third-order valence-electron chi connectivity index (χ3n) is 7.22. The number of hydrogen-bond acceptors (Lipinski definition) is 9. The molecular weight excluding hydrogens is 504 g/mol. The number of para-hydroxylation sites is 1. The van der Waals surface area contributed by atoms with E-state index < -0.39 is 0 Å². The first-order valence-electron chi connectivity index (χ1n) is 13.2. The van der Waals surface area contributed by atoms with Crippen LogP contribution in [-0.2, 0) is 9.47 Å². The fraction of sp³-hybridized carbons (Fsp3) is 0.444. The number of hydrogen-bond donors (Lipinski definition) is 2. The lowest BCUT2D eigenvalue weighted by molar-refractivity contribution is 0.0383. The van der Waals surface area contributed by atoms with Crippen molar-refractivity contribution >= 4 is 49.0 Å². The number of benzene rings is 1. The van der Waals surface area contributed by atoms with Gasteiger partial charge in [-0.05, 0) is 18.2 Å². The van der Waals surface area contributed by atoms with Crippen molar-refractivity contribution < 1.29 is 14.3 Å². The smallest absolute Gasteiger partial charge is 0.258 e. The van der Waals surface area contributed by atoms with E-state index in [1.165, 1.54) is 11.3 Å². The van der Waals surface area contributed by atoms with Crippen LogP contribution in [0, 0.1) is 0 Å². The largest absolute Gasteiger partial charge is 0.383 e. The lowest BCUT2D eigenvalue weighted by Gasteiger charge is -2.26. The lowest BCUT2D eigenvalue weighted by Crippen LogP contribution is -2.42. The molecule has 5 heterocycles. The molecule has 0 aliphatic carbocycles. The number of aromatic nitrogens is 2. The van der Waals surface area contributed by atoms with Crippen molar-refractivity contribution in [2.24, 2.45) is 0 Å². The Kier molecular flexibility index (Phi) is 7.52. The molecule has 1 aromatic carbocycles. The Morgan fingerprint density at radius 1 is 0.947 bits per heavy atom. The van der Waals surface area contributed by atoms with Crippen LogP contribution in [0.5, 0.6) is 0 Å². The van der Waals surface area contributed by atoms with Gasteiger partial charge in [0.05, 0.1) is 47.7 Å².